The molecule has 0 saturated carbocycles. The number of thiazole rings is 1. The minimum atomic E-state index is -0.809. The van der Waals surface area contributed by atoms with Crippen LogP contribution in [0.3, 0.4) is 0 Å². The highest BCUT2D eigenvalue weighted by Gasteiger charge is 2.34. The Labute approximate surface area is 218 Å². The number of carbonyl (C=O) groups is 2. The summed E-state index contributed by atoms with van der Waals surface area (Å²) in [5, 5.41) is 0.410. The number of hydrogen-bond acceptors (Lipinski definition) is 7. The Morgan fingerprint density at radius 2 is 2.00 bits per heavy atom. The minimum Gasteiger partial charge on any atom is -0.463 e. The lowest BCUT2D eigenvalue weighted by Gasteiger charge is -2.25. The van der Waals surface area contributed by atoms with Crippen molar-refractivity contribution in [3.8, 4) is 5.75 Å². The molecular formula is C25H20BrClN2O5S. The average molecular weight is 576 g/mol. The number of aromatic nitrogens is 1. The summed E-state index contributed by atoms with van der Waals surface area (Å²) in [5.74, 6) is -0.716. The zero-order valence-electron chi connectivity index (χ0n) is 19.0. The first-order chi connectivity index (χ1) is 16.7. The summed E-state index contributed by atoms with van der Waals surface area (Å²) in [6.07, 6.45) is 1.64. The third kappa shape index (κ3) is 5.03. The van der Waals surface area contributed by atoms with Crippen LogP contribution in [0, 0.1) is 0 Å². The zero-order chi connectivity index (χ0) is 25.3. The Morgan fingerprint density at radius 1 is 1.26 bits per heavy atom. The Hall–Kier alpha value is -3.01. The summed E-state index contributed by atoms with van der Waals surface area (Å²) in [5.41, 5.74) is 1.46. The molecule has 0 aliphatic carbocycles. The summed E-state index contributed by atoms with van der Waals surface area (Å²) < 4.78 is 13.2. The highest BCUT2D eigenvalue weighted by molar-refractivity contribution is 9.10. The van der Waals surface area contributed by atoms with Gasteiger partial charge in [-0.1, -0.05) is 57.1 Å². The molecule has 0 N–H and O–H groups in total. The number of rotatable bonds is 5. The lowest BCUT2D eigenvalue weighted by Crippen LogP contribution is -2.40. The van der Waals surface area contributed by atoms with E-state index in [9.17, 15) is 14.4 Å². The fraction of sp³-hybridized carbons (Fsp3) is 0.200. The molecule has 180 valence electrons. The predicted molar refractivity (Wildman–Crippen MR) is 137 cm³/mol. The van der Waals surface area contributed by atoms with Crippen LogP contribution < -0.4 is 19.6 Å². The quantitative estimate of drug-likeness (QED) is 0.337. The van der Waals surface area contributed by atoms with Crippen LogP contribution in [0.4, 0.5) is 0 Å². The lowest BCUT2D eigenvalue weighted by atomic mass is 9.96. The number of esters is 2. The molecule has 2 heterocycles. The molecule has 0 spiro atoms. The van der Waals surface area contributed by atoms with Gasteiger partial charge < -0.3 is 9.47 Å². The third-order valence-electron chi connectivity index (χ3n) is 5.23. The molecule has 0 amide bonds. The third-order valence-corrected chi connectivity index (χ3v) is 7.05. The molecule has 35 heavy (non-hydrogen) atoms. The maximum atomic E-state index is 13.7. The zero-order valence-corrected chi connectivity index (χ0v) is 22.2. The second-order valence-electron chi connectivity index (χ2n) is 7.60. The molecule has 7 nitrogen and oxygen atoms in total. The Balaban J connectivity index is 1.98. The van der Waals surface area contributed by atoms with Crippen LogP contribution >= 0.6 is 38.9 Å². The van der Waals surface area contributed by atoms with Gasteiger partial charge in [-0.05, 0) is 49.8 Å². The first-order valence-corrected chi connectivity index (χ1v) is 12.6. The number of allylic oxidation sites excluding steroid dienone is 1. The molecule has 1 aromatic heterocycles. The highest BCUT2D eigenvalue weighted by atomic mass is 79.9. The number of carbonyl (C=O) groups excluding carboxylic acids is 2. The van der Waals surface area contributed by atoms with Gasteiger partial charge in [-0.3, -0.25) is 14.2 Å². The molecule has 0 unspecified atom stereocenters. The Kier molecular flexibility index (Phi) is 7.39. The van der Waals surface area contributed by atoms with Crippen molar-refractivity contribution in [2.45, 2.75) is 26.8 Å². The maximum Gasteiger partial charge on any atom is 0.338 e. The van der Waals surface area contributed by atoms with E-state index in [4.69, 9.17) is 21.1 Å². The minimum absolute atomic E-state index is 0.178. The smallest absolute Gasteiger partial charge is 0.338 e. The molecular weight excluding hydrogens is 556 g/mol. The van der Waals surface area contributed by atoms with Crippen LogP contribution in [0.2, 0.25) is 5.02 Å². The molecule has 0 bridgehead atoms. The SMILES string of the molecule is CCOC(=O)C1=C(C)N=c2s/c(=C\c3cc(Br)ccc3OC(C)=O)c(=O)n2[C@H]1c1ccccc1Cl. The molecule has 1 atom stereocenters. The Morgan fingerprint density at radius 3 is 2.69 bits per heavy atom. The van der Waals surface area contributed by atoms with Crippen molar-refractivity contribution in [2.24, 2.45) is 4.99 Å². The number of halogens is 2. The van der Waals surface area contributed by atoms with Gasteiger partial charge in [-0.2, -0.15) is 0 Å². The topological polar surface area (TPSA) is 87.0 Å². The van der Waals surface area contributed by atoms with Crippen molar-refractivity contribution in [1.29, 1.82) is 0 Å². The predicted octanol–water partition coefficient (Wildman–Crippen LogP) is 4.14. The Bertz CT molecular complexity index is 1560. The van der Waals surface area contributed by atoms with E-state index < -0.39 is 18.0 Å². The maximum absolute atomic E-state index is 13.7. The van der Waals surface area contributed by atoms with Gasteiger partial charge in [0.2, 0.25) is 0 Å². The molecule has 0 radical (unpaired) electrons. The van der Waals surface area contributed by atoms with Gasteiger partial charge in [-0.15, -0.1) is 0 Å². The summed E-state index contributed by atoms with van der Waals surface area (Å²) in [7, 11) is 0. The van der Waals surface area contributed by atoms with E-state index in [1.165, 1.54) is 22.8 Å². The van der Waals surface area contributed by atoms with Gasteiger partial charge in [0.25, 0.3) is 5.56 Å². The van der Waals surface area contributed by atoms with Gasteiger partial charge in [-0.25, -0.2) is 9.79 Å². The summed E-state index contributed by atoms with van der Waals surface area (Å²) in [4.78, 5) is 43.2. The first-order valence-electron chi connectivity index (χ1n) is 10.6. The van der Waals surface area contributed by atoms with Crippen molar-refractivity contribution >= 4 is 56.9 Å². The molecule has 2 aromatic carbocycles. The van der Waals surface area contributed by atoms with E-state index in [2.05, 4.69) is 20.9 Å². The van der Waals surface area contributed by atoms with E-state index in [0.717, 1.165) is 4.47 Å². The molecule has 3 aromatic rings. The van der Waals surface area contributed by atoms with Gasteiger partial charge in [0.15, 0.2) is 4.80 Å². The molecule has 1 aliphatic rings. The lowest BCUT2D eigenvalue weighted by molar-refractivity contribution is -0.139. The van der Waals surface area contributed by atoms with Crippen molar-refractivity contribution < 1.29 is 19.1 Å². The number of ether oxygens (including phenoxy) is 2. The van der Waals surface area contributed by atoms with E-state index in [1.54, 1.807) is 62.4 Å². The van der Waals surface area contributed by atoms with Crippen LogP contribution in [-0.2, 0) is 14.3 Å². The van der Waals surface area contributed by atoms with E-state index in [-0.39, 0.29) is 17.7 Å². The van der Waals surface area contributed by atoms with Crippen LogP contribution in [-0.4, -0.2) is 23.1 Å². The molecule has 4 rings (SSSR count). The normalized spacial score (nSPS) is 15.5. The fourth-order valence-corrected chi connectivity index (χ4v) is 5.46. The fourth-order valence-electron chi connectivity index (χ4n) is 3.80. The van der Waals surface area contributed by atoms with Crippen molar-refractivity contribution in [3.05, 3.63) is 94.0 Å². The largest absolute Gasteiger partial charge is 0.463 e. The monoisotopic (exact) mass is 574 g/mol. The molecule has 10 heteroatoms. The summed E-state index contributed by atoms with van der Waals surface area (Å²) >= 11 is 11.1. The van der Waals surface area contributed by atoms with Gasteiger partial charge in [0.1, 0.15) is 11.8 Å². The van der Waals surface area contributed by atoms with Crippen LogP contribution in [0.25, 0.3) is 6.08 Å². The molecule has 1 aliphatic heterocycles. The van der Waals surface area contributed by atoms with Gasteiger partial charge >= 0.3 is 11.9 Å². The summed E-state index contributed by atoms with van der Waals surface area (Å²) in [6, 6.07) is 11.4. The first kappa shape index (κ1) is 25.1. The standard InChI is InChI=1S/C25H20BrClN2O5S/c1-4-33-24(32)21-13(2)28-25-29(22(21)17-7-5-6-8-18(17)27)23(31)20(35-25)12-15-11-16(26)9-10-19(15)34-14(3)30/h5-12,22H,4H2,1-3H3/b20-12-/t22-/m0/s1. The van der Waals surface area contributed by atoms with Crippen molar-refractivity contribution in [1.82, 2.24) is 4.57 Å². The average Bonchev–Trinajstić information content (AvgIpc) is 3.09. The van der Waals surface area contributed by atoms with Crippen molar-refractivity contribution in [3.63, 3.8) is 0 Å². The number of hydrogen-bond donors (Lipinski definition) is 0. The van der Waals surface area contributed by atoms with Crippen LogP contribution in [0.1, 0.15) is 37.9 Å². The van der Waals surface area contributed by atoms with E-state index in [1.807, 2.05) is 0 Å². The van der Waals surface area contributed by atoms with Gasteiger partial charge in [0, 0.05) is 22.0 Å². The second kappa shape index (κ2) is 10.3. The van der Waals surface area contributed by atoms with Gasteiger partial charge in [0.05, 0.1) is 22.4 Å². The van der Waals surface area contributed by atoms with Crippen LogP contribution in [0.5, 0.6) is 5.75 Å². The summed E-state index contributed by atoms with van der Waals surface area (Å²) in [6.45, 7) is 4.91. The van der Waals surface area contributed by atoms with Crippen molar-refractivity contribution in [2.75, 3.05) is 6.61 Å². The number of benzene rings is 2. The molecule has 0 fully saturated rings. The molecule has 0 saturated heterocycles. The van der Waals surface area contributed by atoms with E-state index in [0.29, 0.717) is 36.9 Å². The van der Waals surface area contributed by atoms with E-state index >= 15 is 0 Å². The second-order valence-corrected chi connectivity index (χ2v) is 9.93. The number of nitrogens with zero attached hydrogens (tertiary/aromatic N) is 2. The number of fused-ring (bicyclic) bond motifs is 1. The van der Waals surface area contributed by atoms with Crippen LogP contribution in [0.15, 0.2) is 68.0 Å². The highest BCUT2D eigenvalue weighted by Crippen LogP contribution is 2.34.